The van der Waals surface area contributed by atoms with Gasteiger partial charge in [0, 0.05) is 36.7 Å². The summed E-state index contributed by atoms with van der Waals surface area (Å²) >= 11 is 12.2. The average Bonchev–Trinajstić information content (AvgIpc) is 3.68. The van der Waals surface area contributed by atoms with Gasteiger partial charge in [-0.15, -0.1) is 0 Å². The minimum absolute atomic E-state index is 0.0221. The normalized spacial score (nSPS) is 16.3. The van der Waals surface area contributed by atoms with Crippen LogP contribution in [0.15, 0.2) is 60.8 Å². The number of carbonyl (C=O) groups excluding carboxylic acids is 3. The first-order chi connectivity index (χ1) is 17.8. The van der Waals surface area contributed by atoms with Gasteiger partial charge in [-0.25, -0.2) is 4.98 Å². The molecule has 0 radical (unpaired) electrons. The molecule has 9 heteroatoms. The highest BCUT2D eigenvalue weighted by Crippen LogP contribution is 2.49. The van der Waals surface area contributed by atoms with Crippen LogP contribution in [0, 0.1) is 0 Å². The van der Waals surface area contributed by atoms with Crippen LogP contribution in [-0.4, -0.2) is 40.7 Å². The maximum absolute atomic E-state index is 13.1. The number of hydrogen-bond donors (Lipinski definition) is 2. The van der Waals surface area contributed by atoms with E-state index in [1.165, 1.54) is 6.20 Å². The molecule has 5 rings (SSSR count). The van der Waals surface area contributed by atoms with Crippen molar-refractivity contribution in [3.05, 3.63) is 87.5 Å². The van der Waals surface area contributed by atoms with E-state index >= 15 is 0 Å². The molecule has 190 valence electrons. The number of carbonyl (C=O) groups is 3. The summed E-state index contributed by atoms with van der Waals surface area (Å²) in [6.07, 6.45) is 6.15. The topological polar surface area (TPSA) is 91.4 Å². The molecule has 1 aliphatic carbocycles. The number of likely N-dealkylation sites (tertiary alicyclic amines) is 1. The fourth-order valence-corrected chi connectivity index (χ4v) is 5.05. The maximum atomic E-state index is 13.1. The van der Waals surface area contributed by atoms with E-state index in [4.69, 9.17) is 23.2 Å². The standard InChI is InChI=1S/C28H26Cl2N4O3/c29-20-11-12-23(31-16-20)32-27(37)21-4-3-5-22(30)25(21)33-26(36)18-7-9-19(10-8-18)28(13-14-28)17-34-15-2-1-6-24(34)35/h3-5,7-12,16H,1-2,6,13-15,17H2,(H,33,36)(H,31,32,37). The van der Waals surface area contributed by atoms with Crippen molar-refractivity contribution >= 4 is 52.4 Å². The summed E-state index contributed by atoms with van der Waals surface area (Å²) in [6.45, 7) is 1.56. The van der Waals surface area contributed by atoms with Crippen molar-refractivity contribution in [3.63, 3.8) is 0 Å². The van der Waals surface area contributed by atoms with Gasteiger partial charge in [-0.05, 0) is 67.6 Å². The van der Waals surface area contributed by atoms with Gasteiger partial charge in [0.1, 0.15) is 5.82 Å². The monoisotopic (exact) mass is 536 g/mol. The molecular weight excluding hydrogens is 511 g/mol. The third-order valence-corrected chi connectivity index (χ3v) is 7.53. The quantitative estimate of drug-likeness (QED) is 0.391. The van der Waals surface area contributed by atoms with Crippen LogP contribution in [0.2, 0.25) is 10.0 Å². The molecule has 2 fully saturated rings. The van der Waals surface area contributed by atoms with Crippen LogP contribution in [-0.2, 0) is 10.2 Å². The van der Waals surface area contributed by atoms with Gasteiger partial charge in [0.15, 0.2) is 0 Å². The highest BCUT2D eigenvalue weighted by atomic mass is 35.5. The summed E-state index contributed by atoms with van der Waals surface area (Å²) in [5.74, 6) is -0.289. The third kappa shape index (κ3) is 5.63. The lowest BCUT2D eigenvalue weighted by molar-refractivity contribution is -0.133. The minimum Gasteiger partial charge on any atom is -0.342 e. The third-order valence-electron chi connectivity index (χ3n) is 6.99. The lowest BCUT2D eigenvalue weighted by Gasteiger charge is -2.31. The largest absolute Gasteiger partial charge is 0.342 e. The summed E-state index contributed by atoms with van der Waals surface area (Å²) in [5.41, 5.74) is 1.98. The van der Waals surface area contributed by atoms with E-state index in [2.05, 4.69) is 15.6 Å². The fraction of sp³-hybridized carbons (Fsp3) is 0.286. The summed E-state index contributed by atoms with van der Waals surface area (Å²) < 4.78 is 0. The van der Waals surface area contributed by atoms with Gasteiger partial charge in [0.25, 0.3) is 11.8 Å². The number of nitrogens with zero attached hydrogens (tertiary/aromatic N) is 2. The number of nitrogens with one attached hydrogen (secondary N) is 2. The molecule has 1 saturated carbocycles. The Labute approximate surface area is 225 Å². The van der Waals surface area contributed by atoms with E-state index in [1.54, 1.807) is 42.5 Å². The van der Waals surface area contributed by atoms with Gasteiger partial charge >= 0.3 is 0 Å². The summed E-state index contributed by atoms with van der Waals surface area (Å²) in [4.78, 5) is 44.4. The van der Waals surface area contributed by atoms with Crippen LogP contribution in [0.5, 0.6) is 0 Å². The molecule has 3 aromatic rings. The van der Waals surface area contributed by atoms with Crippen LogP contribution >= 0.6 is 23.2 Å². The summed E-state index contributed by atoms with van der Waals surface area (Å²) in [5, 5.41) is 6.17. The SMILES string of the molecule is O=C(Nc1c(Cl)cccc1C(=O)Nc1ccc(Cl)cn1)c1ccc(C2(CN3CCCCC3=O)CC2)cc1. The number of benzene rings is 2. The van der Waals surface area contributed by atoms with Crippen molar-refractivity contribution in [2.24, 2.45) is 0 Å². The smallest absolute Gasteiger partial charge is 0.258 e. The molecule has 37 heavy (non-hydrogen) atoms. The molecule has 1 aromatic heterocycles. The average molecular weight is 537 g/mol. The molecule has 1 saturated heterocycles. The zero-order chi connectivity index (χ0) is 26.0. The Kier molecular flexibility index (Phi) is 7.17. The van der Waals surface area contributed by atoms with Crippen molar-refractivity contribution in [1.82, 2.24) is 9.88 Å². The van der Waals surface area contributed by atoms with Crippen molar-refractivity contribution in [2.45, 2.75) is 37.5 Å². The molecular formula is C28H26Cl2N4O3. The number of piperidine rings is 1. The van der Waals surface area contributed by atoms with Crippen LogP contribution in [0.1, 0.15) is 58.4 Å². The molecule has 0 atom stereocenters. The van der Waals surface area contributed by atoms with Crippen LogP contribution in [0.4, 0.5) is 11.5 Å². The van der Waals surface area contributed by atoms with Crippen LogP contribution in [0.3, 0.4) is 0 Å². The molecule has 2 heterocycles. The predicted octanol–water partition coefficient (Wildman–Crippen LogP) is 5.94. The molecule has 3 amide bonds. The first kappa shape index (κ1) is 25.2. The van der Waals surface area contributed by atoms with E-state index in [9.17, 15) is 14.4 Å². The van der Waals surface area contributed by atoms with Gasteiger partial charge in [-0.2, -0.15) is 0 Å². The van der Waals surface area contributed by atoms with Crippen LogP contribution < -0.4 is 10.6 Å². The number of anilines is 2. The van der Waals surface area contributed by atoms with Crippen LogP contribution in [0.25, 0.3) is 0 Å². The number of pyridine rings is 1. The molecule has 1 aliphatic heterocycles. The number of halogens is 2. The van der Waals surface area contributed by atoms with Crippen molar-refractivity contribution < 1.29 is 14.4 Å². The van der Waals surface area contributed by atoms with Gasteiger partial charge in [0.2, 0.25) is 5.91 Å². The molecule has 0 unspecified atom stereocenters. The van der Waals surface area contributed by atoms with E-state index in [-0.39, 0.29) is 33.5 Å². The molecule has 2 N–H and O–H groups in total. The van der Waals surface area contributed by atoms with E-state index in [0.29, 0.717) is 22.8 Å². The first-order valence-corrected chi connectivity index (χ1v) is 13.0. The van der Waals surface area contributed by atoms with Crippen molar-refractivity contribution in [2.75, 3.05) is 23.7 Å². The lowest BCUT2D eigenvalue weighted by Crippen LogP contribution is -2.40. The number of hydrogen-bond acceptors (Lipinski definition) is 4. The summed E-state index contributed by atoms with van der Waals surface area (Å²) in [6, 6.07) is 15.5. The molecule has 7 nitrogen and oxygen atoms in total. The zero-order valence-electron chi connectivity index (χ0n) is 20.1. The Morgan fingerprint density at radius 1 is 0.946 bits per heavy atom. The minimum atomic E-state index is -0.467. The number of rotatable bonds is 7. The highest BCUT2D eigenvalue weighted by molar-refractivity contribution is 6.35. The highest BCUT2D eigenvalue weighted by Gasteiger charge is 2.46. The number of aromatic nitrogens is 1. The second kappa shape index (κ2) is 10.5. The van der Waals surface area contributed by atoms with E-state index in [1.807, 2.05) is 17.0 Å². The van der Waals surface area contributed by atoms with Gasteiger partial charge < -0.3 is 15.5 Å². The number of amides is 3. The zero-order valence-corrected chi connectivity index (χ0v) is 21.6. The lowest BCUT2D eigenvalue weighted by atomic mass is 9.93. The van der Waals surface area contributed by atoms with E-state index in [0.717, 1.165) is 44.3 Å². The molecule has 0 bridgehead atoms. The first-order valence-electron chi connectivity index (χ1n) is 12.3. The Bertz CT molecular complexity index is 1340. The fourth-order valence-electron chi connectivity index (χ4n) is 4.72. The Morgan fingerprint density at radius 3 is 2.41 bits per heavy atom. The Hall–Kier alpha value is -3.42. The Balaban J connectivity index is 1.29. The molecule has 0 spiro atoms. The molecule has 2 aromatic carbocycles. The van der Waals surface area contributed by atoms with Gasteiger partial charge in [0.05, 0.1) is 21.3 Å². The second-order valence-corrected chi connectivity index (χ2v) is 10.4. The van der Waals surface area contributed by atoms with Gasteiger partial charge in [-0.1, -0.05) is 41.4 Å². The van der Waals surface area contributed by atoms with E-state index < -0.39 is 5.91 Å². The van der Waals surface area contributed by atoms with Gasteiger partial charge in [-0.3, -0.25) is 14.4 Å². The summed E-state index contributed by atoms with van der Waals surface area (Å²) in [7, 11) is 0. The maximum Gasteiger partial charge on any atom is 0.258 e. The predicted molar refractivity (Wildman–Crippen MR) is 144 cm³/mol. The second-order valence-electron chi connectivity index (χ2n) is 9.56. The Morgan fingerprint density at radius 2 is 1.73 bits per heavy atom. The van der Waals surface area contributed by atoms with Crippen molar-refractivity contribution in [3.8, 4) is 0 Å². The number of para-hydroxylation sites is 1. The van der Waals surface area contributed by atoms with Crippen molar-refractivity contribution in [1.29, 1.82) is 0 Å². The molecule has 2 aliphatic rings.